The second-order valence-corrected chi connectivity index (χ2v) is 21.6. The zero-order valence-electron chi connectivity index (χ0n) is 41.2. The molecule has 2 fully saturated rings. The highest BCUT2D eigenvalue weighted by molar-refractivity contribution is 6.91. The molecule has 0 spiro atoms. The summed E-state index contributed by atoms with van der Waals surface area (Å²) in [4.78, 5) is 0. The lowest BCUT2D eigenvalue weighted by molar-refractivity contribution is 0.218. The van der Waals surface area contributed by atoms with Crippen molar-refractivity contribution in [3.63, 3.8) is 0 Å². The van der Waals surface area contributed by atoms with E-state index >= 15 is 0 Å². The smallest absolute Gasteiger partial charge is 0.318 e. The van der Waals surface area contributed by atoms with Gasteiger partial charge in [0, 0.05) is 5.54 Å². The maximum Gasteiger partial charge on any atom is 0.318 e. The number of hydrogen-bond donors (Lipinski definition) is 0. The molecule has 0 unspecified atom stereocenters. The van der Waals surface area contributed by atoms with Gasteiger partial charge in [-0.15, -0.1) is 19.7 Å². The minimum absolute atomic E-state index is 0.00188. The Labute approximate surface area is 353 Å². The Morgan fingerprint density at radius 2 is 0.643 bits per heavy atom. The molecule has 2 aliphatic rings. The van der Waals surface area contributed by atoms with Crippen LogP contribution < -0.4 is 0 Å². The standard InChI is InChI=1S/C40H86B8N8/c1-27-45-49(33(4)5)46(28-2)51(35(8)9)48(52(36(10)11)47(29-3)50(45)34(6)7)32-30-31-40(21,22)56-43(25)54(38(15,16)17)41(23)53(37(12,13)14)42(24)55(44(56)26)39(18,19)20/h27-30,32-36H,1-3,31H2,4-26H3/b32-30+. The fourth-order valence-electron chi connectivity index (χ4n) is 11.4. The molecule has 0 aromatic heterocycles. The fraction of sp³-hybridized carbons (Fsp3) is 0.800. The van der Waals surface area contributed by atoms with Crippen LogP contribution in [0.5, 0.6) is 0 Å². The predicted octanol–water partition coefficient (Wildman–Crippen LogP) is 8.32. The van der Waals surface area contributed by atoms with Crippen molar-refractivity contribution in [2.24, 2.45) is 0 Å². The van der Waals surface area contributed by atoms with Crippen LogP contribution in [-0.2, 0) is 0 Å². The highest BCUT2D eigenvalue weighted by Crippen LogP contribution is 2.37. The van der Waals surface area contributed by atoms with Crippen molar-refractivity contribution in [3.05, 3.63) is 49.7 Å². The Hall–Kier alpha value is -0.841. The van der Waals surface area contributed by atoms with Crippen LogP contribution in [0, 0.1) is 0 Å². The molecule has 16 heteroatoms. The molecule has 2 heterocycles. The minimum atomic E-state index is -0.184. The van der Waals surface area contributed by atoms with Crippen molar-refractivity contribution in [2.45, 2.75) is 212 Å². The molecular weight excluding hydrogens is 679 g/mol. The lowest BCUT2D eigenvalue weighted by Gasteiger charge is -2.63. The van der Waals surface area contributed by atoms with E-state index in [-0.39, 0.29) is 102 Å². The van der Waals surface area contributed by atoms with E-state index in [1.165, 1.54) is 0 Å². The molecule has 0 aliphatic carbocycles. The van der Waals surface area contributed by atoms with E-state index in [1.54, 1.807) is 0 Å². The molecule has 2 rings (SSSR count). The summed E-state index contributed by atoms with van der Waals surface area (Å²) in [6.45, 7) is 68.9. The van der Waals surface area contributed by atoms with Gasteiger partial charge in [0.25, 0.3) is 27.9 Å². The van der Waals surface area contributed by atoms with Gasteiger partial charge in [0.2, 0.25) is 0 Å². The molecule has 2 aliphatic heterocycles. The number of rotatable bonds is 11. The van der Waals surface area contributed by atoms with E-state index in [0.29, 0.717) is 0 Å². The van der Waals surface area contributed by atoms with Gasteiger partial charge >= 0.3 is 27.9 Å². The van der Waals surface area contributed by atoms with E-state index in [9.17, 15) is 0 Å². The van der Waals surface area contributed by atoms with Crippen molar-refractivity contribution in [3.8, 4) is 0 Å². The Balaban J connectivity index is 2.92. The molecular formula is C40H86B8N8. The third kappa shape index (κ3) is 10.7. The topological polar surface area (TPSA) is 25.9 Å². The summed E-state index contributed by atoms with van der Waals surface area (Å²) >= 11 is 0. The van der Waals surface area contributed by atoms with Crippen molar-refractivity contribution in [1.82, 2.24) is 37.8 Å². The van der Waals surface area contributed by atoms with Crippen molar-refractivity contribution >= 4 is 55.9 Å². The van der Waals surface area contributed by atoms with Crippen LogP contribution in [0.3, 0.4) is 0 Å². The lowest BCUT2D eigenvalue weighted by atomic mass is 9.40. The van der Waals surface area contributed by atoms with Gasteiger partial charge in [-0.25, -0.2) is 0 Å². The first kappa shape index (κ1) is 51.3. The van der Waals surface area contributed by atoms with Gasteiger partial charge in [-0.05, 0) is 123 Å². The Morgan fingerprint density at radius 1 is 0.411 bits per heavy atom. The van der Waals surface area contributed by atoms with Crippen LogP contribution in [0.25, 0.3) is 0 Å². The third-order valence-electron chi connectivity index (χ3n) is 12.6. The average Bonchev–Trinajstić information content (AvgIpc) is 2.98. The third-order valence-corrected chi connectivity index (χ3v) is 12.6. The van der Waals surface area contributed by atoms with Crippen LogP contribution in [-0.4, -0.2) is 140 Å². The summed E-state index contributed by atoms with van der Waals surface area (Å²) in [7, 11) is 0. The predicted molar refractivity (Wildman–Crippen MR) is 262 cm³/mol. The number of hydrogen-bond acceptors (Lipinski definition) is 8. The maximum atomic E-state index is 4.49. The average molecular weight is 766 g/mol. The van der Waals surface area contributed by atoms with Crippen molar-refractivity contribution in [2.75, 3.05) is 0 Å². The van der Waals surface area contributed by atoms with E-state index in [1.807, 2.05) is 0 Å². The Bertz CT molecular complexity index is 1250. The normalized spacial score (nSPS) is 20.8. The summed E-state index contributed by atoms with van der Waals surface area (Å²) < 4.78 is 21.6. The first-order valence-electron chi connectivity index (χ1n) is 22.1. The highest BCUT2D eigenvalue weighted by Gasteiger charge is 2.57. The largest absolute Gasteiger partial charge is 0.353 e. The second-order valence-electron chi connectivity index (χ2n) is 21.6. The quantitative estimate of drug-likeness (QED) is 0.194. The van der Waals surface area contributed by atoms with E-state index in [2.05, 4.69) is 246 Å². The highest BCUT2D eigenvalue weighted by atomic mass is 15.4. The summed E-state index contributed by atoms with van der Waals surface area (Å²) in [6, 6.07) is 1.00. The molecule has 0 radical (unpaired) electrons. The van der Waals surface area contributed by atoms with Crippen LogP contribution in [0.1, 0.15) is 138 Å². The van der Waals surface area contributed by atoms with Gasteiger partial charge in [-0.2, -0.15) is 0 Å². The van der Waals surface area contributed by atoms with E-state index < -0.39 is 0 Å². The molecule has 56 heavy (non-hydrogen) atoms. The fourth-order valence-corrected chi connectivity index (χ4v) is 11.4. The molecule has 0 atom stereocenters. The van der Waals surface area contributed by atoms with Gasteiger partial charge in [-0.1, -0.05) is 113 Å². The summed E-state index contributed by atoms with van der Waals surface area (Å²) in [5.41, 5.74) is -0.326. The summed E-state index contributed by atoms with van der Waals surface area (Å²) in [6.07, 6.45) is 3.39. The zero-order chi connectivity index (χ0) is 43.8. The van der Waals surface area contributed by atoms with E-state index in [0.717, 1.165) is 6.42 Å². The molecule has 0 saturated carbocycles. The van der Waals surface area contributed by atoms with Gasteiger partial charge in [0.15, 0.2) is 0 Å². The van der Waals surface area contributed by atoms with Crippen molar-refractivity contribution in [1.29, 1.82) is 0 Å². The van der Waals surface area contributed by atoms with Crippen LogP contribution in [0.15, 0.2) is 49.7 Å². The maximum absolute atomic E-state index is 4.49. The summed E-state index contributed by atoms with van der Waals surface area (Å²) in [5.74, 6) is 8.94. The minimum Gasteiger partial charge on any atom is -0.353 e. The monoisotopic (exact) mass is 767 g/mol. The van der Waals surface area contributed by atoms with Crippen molar-refractivity contribution < 1.29 is 0 Å². The molecule has 0 bridgehead atoms. The zero-order valence-corrected chi connectivity index (χ0v) is 41.2. The Kier molecular flexibility index (Phi) is 17.6. The van der Waals surface area contributed by atoms with Gasteiger partial charge in [0.1, 0.15) is 0 Å². The van der Waals surface area contributed by atoms with E-state index in [4.69, 9.17) is 0 Å². The molecule has 8 nitrogen and oxygen atoms in total. The summed E-state index contributed by atoms with van der Waals surface area (Å²) in [5, 5.41) is 0. The van der Waals surface area contributed by atoms with Gasteiger partial charge < -0.3 is 37.8 Å². The molecule has 2 saturated heterocycles. The SMILES string of the molecule is C=CB1N(C(C)C)B(C=C)N(C(C)C)B(/C=C/CC(C)(C)N2B(C)N(C(C)(C)C)B(C)N(C(C)(C)C)B(C)N(C(C)(C)C)B2C)N(C(C)C)B(C=C)N1C(C)C. The molecule has 0 aromatic carbocycles. The molecule has 0 aromatic rings. The Morgan fingerprint density at radius 3 is 0.857 bits per heavy atom. The van der Waals surface area contributed by atoms with Crippen LogP contribution >= 0.6 is 0 Å². The van der Waals surface area contributed by atoms with Crippen LogP contribution in [0.2, 0.25) is 27.3 Å². The second kappa shape index (κ2) is 19.3. The van der Waals surface area contributed by atoms with Gasteiger partial charge in [0.05, 0.1) is 0 Å². The first-order valence-corrected chi connectivity index (χ1v) is 22.1. The first-order chi connectivity index (χ1) is 25.4. The number of nitrogens with zero attached hydrogens (tertiary/aromatic N) is 8. The molecule has 0 N–H and O–H groups in total. The molecule has 310 valence electrons. The van der Waals surface area contributed by atoms with Gasteiger partial charge in [-0.3, -0.25) is 0 Å². The van der Waals surface area contributed by atoms with Crippen LogP contribution in [0.4, 0.5) is 0 Å². The lowest BCUT2D eigenvalue weighted by Crippen LogP contribution is -2.83. The molecule has 0 amide bonds.